The Morgan fingerprint density at radius 3 is 2.50 bits per heavy atom. The van der Waals surface area contributed by atoms with Crippen LogP contribution in [-0.4, -0.2) is 28.7 Å². The highest BCUT2D eigenvalue weighted by Gasteiger charge is 2.14. The van der Waals surface area contributed by atoms with E-state index < -0.39 is 17.6 Å². The van der Waals surface area contributed by atoms with Crippen LogP contribution in [0.2, 0.25) is 0 Å². The van der Waals surface area contributed by atoms with Crippen LogP contribution >= 0.6 is 0 Å². The molecule has 0 saturated heterocycles. The molecule has 0 spiro atoms. The zero-order valence-electron chi connectivity index (χ0n) is 13.8. The van der Waals surface area contributed by atoms with E-state index in [2.05, 4.69) is 10.4 Å². The fourth-order valence-electron chi connectivity index (χ4n) is 2.28. The molecule has 3 N–H and O–H groups in total. The average Bonchev–Trinajstić information content (AvgIpc) is 3.13. The van der Waals surface area contributed by atoms with Gasteiger partial charge in [0.05, 0.1) is 18.5 Å². The molecule has 1 aromatic heterocycles. The van der Waals surface area contributed by atoms with Gasteiger partial charge in [-0.15, -0.1) is 0 Å². The minimum absolute atomic E-state index is 0.0179. The standard InChI is InChI=1S/C18H15FN4O3/c1-26-13-5-3-12(4-6-13)23-9-8-16(22-23)18(25)21-15-7-2-11(17(20)24)10-14(15)19/h2-10H,1H3,(H2,20,24)(H,21,25). The second-order valence-electron chi connectivity index (χ2n) is 5.36. The van der Waals surface area contributed by atoms with Gasteiger partial charge in [0.15, 0.2) is 5.69 Å². The summed E-state index contributed by atoms with van der Waals surface area (Å²) in [6.45, 7) is 0. The van der Waals surface area contributed by atoms with E-state index in [0.717, 1.165) is 11.8 Å². The van der Waals surface area contributed by atoms with E-state index in [4.69, 9.17) is 10.5 Å². The molecule has 3 aromatic rings. The molecule has 2 amide bonds. The van der Waals surface area contributed by atoms with Crippen LogP contribution < -0.4 is 15.8 Å². The van der Waals surface area contributed by atoms with Crippen molar-refractivity contribution >= 4 is 17.5 Å². The van der Waals surface area contributed by atoms with Gasteiger partial charge in [0.1, 0.15) is 11.6 Å². The van der Waals surface area contributed by atoms with Gasteiger partial charge >= 0.3 is 0 Å². The highest BCUT2D eigenvalue weighted by molar-refractivity contribution is 6.03. The highest BCUT2D eigenvalue weighted by Crippen LogP contribution is 2.18. The van der Waals surface area contributed by atoms with E-state index >= 15 is 0 Å². The number of benzene rings is 2. The lowest BCUT2D eigenvalue weighted by Crippen LogP contribution is -2.15. The van der Waals surface area contributed by atoms with Gasteiger partial charge in [-0.2, -0.15) is 5.10 Å². The lowest BCUT2D eigenvalue weighted by atomic mass is 10.2. The summed E-state index contributed by atoms with van der Waals surface area (Å²) in [5.74, 6) is -1.39. The van der Waals surface area contributed by atoms with Crippen molar-refractivity contribution in [1.29, 1.82) is 0 Å². The van der Waals surface area contributed by atoms with Crippen LogP contribution in [0.4, 0.5) is 10.1 Å². The number of carbonyl (C=O) groups is 2. The van der Waals surface area contributed by atoms with Crippen LogP contribution in [0, 0.1) is 5.82 Å². The summed E-state index contributed by atoms with van der Waals surface area (Å²) in [7, 11) is 1.57. The Kier molecular flexibility index (Phi) is 4.66. The molecular formula is C18H15FN4O3. The number of hydrogen-bond acceptors (Lipinski definition) is 4. The molecule has 0 saturated carbocycles. The quantitative estimate of drug-likeness (QED) is 0.735. The van der Waals surface area contributed by atoms with Gasteiger partial charge in [0.25, 0.3) is 5.91 Å². The first kappa shape index (κ1) is 17.2. The van der Waals surface area contributed by atoms with Crippen LogP contribution in [0.25, 0.3) is 5.69 Å². The Bertz CT molecular complexity index is 967. The number of amides is 2. The van der Waals surface area contributed by atoms with Crippen LogP contribution in [0.1, 0.15) is 20.8 Å². The molecule has 0 fully saturated rings. The Hall–Kier alpha value is -3.68. The number of methoxy groups -OCH3 is 1. The van der Waals surface area contributed by atoms with E-state index in [-0.39, 0.29) is 16.9 Å². The molecule has 1 heterocycles. The SMILES string of the molecule is COc1ccc(-n2ccc(C(=O)Nc3ccc(C(N)=O)cc3F)n2)cc1. The van der Waals surface area contributed by atoms with Crippen molar-refractivity contribution in [3.8, 4) is 11.4 Å². The number of rotatable bonds is 5. The van der Waals surface area contributed by atoms with Crippen molar-refractivity contribution in [2.75, 3.05) is 12.4 Å². The molecule has 0 aliphatic carbocycles. The fourth-order valence-corrected chi connectivity index (χ4v) is 2.28. The Morgan fingerprint density at radius 1 is 1.15 bits per heavy atom. The minimum Gasteiger partial charge on any atom is -0.497 e. The summed E-state index contributed by atoms with van der Waals surface area (Å²) in [5, 5.41) is 6.59. The number of primary amides is 1. The third kappa shape index (κ3) is 3.54. The summed E-state index contributed by atoms with van der Waals surface area (Å²) in [6.07, 6.45) is 1.61. The van der Waals surface area contributed by atoms with E-state index in [1.54, 1.807) is 37.6 Å². The molecule has 0 unspecified atom stereocenters. The predicted octanol–water partition coefficient (Wildman–Crippen LogP) is 2.37. The maximum Gasteiger partial charge on any atom is 0.276 e. The molecule has 132 valence electrons. The third-order valence-electron chi connectivity index (χ3n) is 3.66. The monoisotopic (exact) mass is 354 g/mol. The van der Waals surface area contributed by atoms with Crippen LogP contribution in [0.3, 0.4) is 0 Å². The van der Waals surface area contributed by atoms with E-state index in [0.29, 0.717) is 5.75 Å². The summed E-state index contributed by atoms with van der Waals surface area (Å²) in [4.78, 5) is 23.3. The number of nitrogens with two attached hydrogens (primary N) is 1. The Labute approximate surface area is 148 Å². The number of halogens is 1. The zero-order valence-corrected chi connectivity index (χ0v) is 13.8. The molecule has 0 aliphatic heterocycles. The molecule has 26 heavy (non-hydrogen) atoms. The summed E-state index contributed by atoms with van der Waals surface area (Å²) < 4.78 is 20.6. The van der Waals surface area contributed by atoms with Gasteiger partial charge in [0, 0.05) is 11.8 Å². The fraction of sp³-hybridized carbons (Fsp3) is 0.0556. The molecular weight excluding hydrogens is 339 g/mol. The number of nitrogens with one attached hydrogen (secondary N) is 1. The molecule has 0 radical (unpaired) electrons. The van der Waals surface area contributed by atoms with E-state index in [1.807, 2.05) is 0 Å². The molecule has 3 rings (SSSR count). The maximum absolute atomic E-state index is 14.0. The van der Waals surface area contributed by atoms with Gasteiger partial charge in [-0.1, -0.05) is 0 Å². The predicted molar refractivity (Wildman–Crippen MR) is 93.0 cm³/mol. The normalized spacial score (nSPS) is 10.4. The molecule has 7 nitrogen and oxygen atoms in total. The lowest BCUT2D eigenvalue weighted by Gasteiger charge is -2.06. The number of hydrogen-bond donors (Lipinski definition) is 2. The van der Waals surface area contributed by atoms with Crippen molar-refractivity contribution in [3.63, 3.8) is 0 Å². The van der Waals surface area contributed by atoms with Crippen LogP contribution in [-0.2, 0) is 0 Å². The zero-order chi connectivity index (χ0) is 18.7. The van der Waals surface area contributed by atoms with Gasteiger partial charge in [-0.05, 0) is 48.5 Å². The highest BCUT2D eigenvalue weighted by atomic mass is 19.1. The lowest BCUT2D eigenvalue weighted by molar-refractivity contribution is 0.0997. The number of nitrogens with zero attached hydrogens (tertiary/aromatic N) is 2. The largest absolute Gasteiger partial charge is 0.497 e. The molecule has 0 atom stereocenters. The number of carbonyl (C=O) groups excluding carboxylic acids is 2. The number of aromatic nitrogens is 2. The molecule has 0 aliphatic rings. The second kappa shape index (κ2) is 7.06. The summed E-state index contributed by atoms with van der Waals surface area (Å²) in [5.41, 5.74) is 5.88. The van der Waals surface area contributed by atoms with Gasteiger partial charge in [0.2, 0.25) is 5.91 Å². The van der Waals surface area contributed by atoms with Crippen molar-refractivity contribution < 1.29 is 18.7 Å². The van der Waals surface area contributed by atoms with Crippen molar-refractivity contribution in [3.05, 3.63) is 71.8 Å². The van der Waals surface area contributed by atoms with Crippen molar-refractivity contribution in [2.45, 2.75) is 0 Å². The topological polar surface area (TPSA) is 99.2 Å². The third-order valence-corrected chi connectivity index (χ3v) is 3.66. The van der Waals surface area contributed by atoms with Crippen LogP contribution in [0.5, 0.6) is 5.75 Å². The second-order valence-corrected chi connectivity index (χ2v) is 5.36. The number of anilines is 1. The van der Waals surface area contributed by atoms with Crippen LogP contribution in [0.15, 0.2) is 54.7 Å². The van der Waals surface area contributed by atoms with Crippen molar-refractivity contribution in [2.24, 2.45) is 5.73 Å². The average molecular weight is 354 g/mol. The first-order valence-corrected chi connectivity index (χ1v) is 7.59. The van der Waals surface area contributed by atoms with E-state index in [1.165, 1.54) is 22.9 Å². The van der Waals surface area contributed by atoms with Gasteiger partial charge < -0.3 is 15.8 Å². The Balaban J connectivity index is 1.76. The van der Waals surface area contributed by atoms with Gasteiger partial charge in [-0.3, -0.25) is 9.59 Å². The smallest absolute Gasteiger partial charge is 0.276 e. The first-order valence-electron chi connectivity index (χ1n) is 7.59. The van der Waals surface area contributed by atoms with Gasteiger partial charge in [-0.25, -0.2) is 9.07 Å². The minimum atomic E-state index is -0.760. The number of ether oxygens (including phenoxy) is 1. The molecule has 2 aromatic carbocycles. The summed E-state index contributed by atoms with van der Waals surface area (Å²) in [6, 6.07) is 12.2. The maximum atomic E-state index is 14.0. The summed E-state index contributed by atoms with van der Waals surface area (Å²) >= 11 is 0. The molecule has 0 bridgehead atoms. The van der Waals surface area contributed by atoms with E-state index in [9.17, 15) is 14.0 Å². The molecule has 8 heteroatoms. The Morgan fingerprint density at radius 2 is 1.88 bits per heavy atom. The van der Waals surface area contributed by atoms with Crippen molar-refractivity contribution in [1.82, 2.24) is 9.78 Å². The first-order chi connectivity index (χ1) is 12.5.